The van der Waals surface area contributed by atoms with Crippen molar-refractivity contribution in [3.63, 3.8) is 0 Å². The minimum atomic E-state index is -2.89. The lowest BCUT2D eigenvalue weighted by Crippen LogP contribution is -2.37. The molecular formula is C19H27F2IN4O2S. The highest BCUT2D eigenvalue weighted by atomic mass is 127. The van der Waals surface area contributed by atoms with E-state index in [9.17, 15) is 8.78 Å². The van der Waals surface area contributed by atoms with E-state index in [1.807, 2.05) is 6.20 Å². The second-order valence-electron chi connectivity index (χ2n) is 5.77. The number of hydrogen-bond donors (Lipinski definition) is 2. The minimum Gasteiger partial charge on any atom is -0.490 e. The van der Waals surface area contributed by atoms with Crippen molar-refractivity contribution in [1.29, 1.82) is 0 Å². The Bertz CT molecular complexity index is 774. The first-order valence-corrected chi connectivity index (χ1v) is 9.96. The number of hydrogen-bond acceptors (Lipinski definition) is 5. The molecule has 29 heavy (non-hydrogen) atoms. The molecule has 0 aliphatic rings. The number of aliphatic imine (C=N–C) groups is 1. The Balaban J connectivity index is 0.00000420. The lowest BCUT2D eigenvalue weighted by atomic mass is 10.2. The summed E-state index contributed by atoms with van der Waals surface area (Å²) in [5, 5.41) is 7.53. The molecule has 0 aliphatic carbocycles. The number of aromatic nitrogens is 1. The highest BCUT2D eigenvalue weighted by Crippen LogP contribution is 2.29. The average molecular weight is 540 g/mol. The average Bonchev–Trinajstić information content (AvgIpc) is 3.14. The van der Waals surface area contributed by atoms with E-state index in [0.29, 0.717) is 31.4 Å². The number of thiazole rings is 1. The summed E-state index contributed by atoms with van der Waals surface area (Å²) in [5.74, 6) is 0.969. The first kappa shape index (κ1) is 25.3. The maximum Gasteiger partial charge on any atom is 0.387 e. The molecule has 1 aromatic carbocycles. The monoisotopic (exact) mass is 540 g/mol. The molecule has 0 saturated heterocycles. The van der Waals surface area contributed by atoms with Crippen molar-refractivity contribution in [2.75, 3.05) is 20.2 Å². The lowest BCUT2D eigenvalue weighted by Gasteiger charge is -2.14. The Morgan fingerprint density at radius 3 is 2.66 bits per heavy atom. The highest BCUT2D eigenvalue weighted by Gasteiger charge is 2.12. The quantitative estimate of drug-likeness (QED) is 0.268. The van der Waals surface area contributed by atoms with Crippen molar-refractivity contribution in [3.8, 4) is 11.5 Å². The van der Waals surface area contributed by atoms with Crippen molar-refractivity contribution < 1.29 is 18.3 Å². The zero-order valence-electron chi connectivity index (χ0n) is 16.7. The fourth-order valence-electron chi connectivity index (χ4n) is 2.45. The van der Waals surface area contributed by atoms with Gasteiger partial charge in [-0.25, -0.2) is 4.98 Å². The van der Waals surface area contributed by atoms with Crippen LogP contribution in [0.15, 0.2) is 29.4 Å². The molecule has 0 fully saturated rings. The number of nitrogens with one attached hydrogen (secondary N) is 2. The molecule has 2 aromatic rings. The van der Waals surface area contributed by atoms with Crippen molar-refractivity contribution >= 4 is 41.3 Å². The molecule has 0 amide bonds. The van der Waals surface area contributed by atoms with E-state index in [1.54, 1.807) is 37.4 Å². The molecular weight excluding hydrogens is 513 g/mol. The van der Waals surface area contributed by atoms with Crippen molar-refractivity contribution in [2.45, 2.75) is 39.8 Å². The van der Waals surface area contributed by atoms with Gasteiger partial charge in [-0.15, -0.1) is 35.3 Å². The van der Waals surface area contributed by atoms with Gasteiger partial charge in [0.1, 0.15) is 0 Å². The molecule has 0 bridgehead atoms. The Hall–Kier alpha value is -1.69. The Morgan fingerprint density at radius 2 is 2.03 bits per heavy atom. The van der Waals surface area contributed by atoms with Crippen LogP contribution in [0.2, 0.25) is 0 Å². The van der Waals surface area contributed by atoms with Gasteiger partial charge in [0.25, 0.3) is 0 Å². The fraction of sp³-hybridized carbons (Fsp3) is 0.474. The molecule has 0 aliphatic heterocycles. The van der Waals surface area contributed by atoms with Gasteiger partial charge in [-0.1, -0.05) is 13.0 Å². The third-order valence-corrected chi connectivity index (χ3v) is 4.99. The van der Waals surface area contributed by atoms with Gasteiger partial charge in [0.15, 0.2) is 17.5 Å². The van der Waals surface area contributed by atoms with E-state index in [0.717, 1.165) is 23.4 Å². The molecule has 162 valence electrons. The maximum atomic E-state index is 12.5. The third kappa shape index (κ3) is 8.69. The van der Waals surface area contributed by atoms with Crippen molar-refractivity contribution in [1.82, 2.24) is 15.6 Å². The molecule has 6 nitrogen and oxygen atoms in total. The van der Waals surface area contributed by atoms with E-state index >= 15 is 0 Å². The number of guanidine groups is 1. The van der Waals surface area contributed by atoms with Crippen LogP contribution < -0.4 is 20.1 Å². The van der Waals surface area contributed by atoms with E-state index < -0.39 is 6.61 Å². The van der Waals surface area contributed by atoms with Crippen LogP contribution in [0.5, 0.6) is 11.5 Å². The second-order valence-corrected chi connectivity index (χ2v) is 6.97. The van der Waals surface area contributed by atoms with Gasteiger partial charge in [0.05, 0.1) is 11.6 Å². The first-order chi connectivity index (χ1) is 13.5. The van der Waals surface area contributed by atoms with Crippen LogP contribution in [0, 0.1) is 0 Å². The highest BCUT2D eigenvalue weighted by molar-refractivity contribution is 14.0. The SMILES string of the molecule is CCOc1cc(CNC(=NC)NCCc2ncc(CC)s2)ccc1OC(F)F.I. The molecule has 0 saturated carbocycles. The number of aryl methyl sites for hydroxylation is 1. The standard InChI is InChI=1S/C19H26F2N4O2S.HI/c1-4-14-12-24-17(28-14)8-9-23-19(22-3)25-11-13-6-7-15(27-18(20)21)16(10-13)26-5-2;/h6-7,10,12,18H,4-5,8-9,11H2,1-3H3,(H2,22,23,25);1H. The summed E-state index contributed by atoms with van der Waals surface area (Å²) >= 11 is 1.72. The summed E-state index contributed by atoms with van der Waals surface area (Å²) in [5.41, 5.74) is 0.862. The smallest absolute Gasteiger partial charge is 0.387 e. The van der Waals surface area contributed by atoms with Gasteiger partial charge in [-0.2, -0.15) is 8.78 Å². The van der Waals surface area contributed by atoms with Crippen LogP contribution in [0.1, 0.15) is 29.3 Å². The zero-order chi connectivity index (χ0) is 20.4. The molecule has 0 spiro atoms. The number of ether oxygens (including phenoxy) is 2. The van der Waals surface area contributed by atoms with Crippen LogP contribution in [0.25, 0.3) is 0 Å². The predicted molar refractivity (Wildman–Crippen MR) is 123 cm³/mol. The van der Waals surface area contributed by atoms with E-state index in [2.05, 4.69) is 32.3 Å². The molecule has 2 N–H and O–H groups in total. The number of halogens is 3. The Kier molecular flexibility index (Phi) is 11.8. The van der Waals surface area contributed by atoms with E-state index in [4.69, 9.17) is 4.74 Å². The molecule has 1 aromatic heterocycles. The molecule has 10 heteroatoms. The van der Waals surface area contributed by atoms with Crippen LogP contribution in [0.4, 0.5) is 8.78 Å². The summed E-state index contributed by atoms with van der Waals surface area (Å²) in [6.45, 7) is 2.54. The summed E-state index contributed by atoms with van der Waals surface area (Å²) in [7, 11) is 1.69. The minimum absolute atomic E-state index is 0. The summed E-state index contributed by atoms with van der Waals surface area (Å²) < 4.78 is 34.9. The van der Waals surface area contributed by atoms with Crippen LogP contribution in [-0.2, 0) is 19.4 Å². The van der Waals surface area contributed by atoms with Gasteiger partial charge < -0.3 is 20.1 Å². The largest absolute Gasteiger partial charge is 0.490 e. The maximum absolute atomic E-state index is 12.5. The summed E-state index contributed by atoms with van der Waals surface area (Å²) in [6.07, 6.45) is 3.74. The van der Waals surface area contributed by atoms with E-state index in [1.165, 1.54) is 10.9 Å². The third-order valence-electron chi connectivity index (χ3n) is 3.79. The van der Waals surface area contributed by atoms with Crippen LogP contribution >= 0.6 is 35.3 Å². The fourth-order valence-corrected chi connectivity index (χ4v) is 3.31. The van der Waals surface area contributed by atoms with Crippen molar-refractivity contribution in [2.24, 2.45) is 4.99 Å². The van der Waals surface area contributed by atoms with Crippen molar-refractivity contribution in [3.05, 3.63) is 39.8 Å². The van der Waals surface area contributed by atoms with Gasteiger partial charge in [-0.3, -0.25) is 4.99 Å². The predicted octanol–water partition coefficient (Wildman–Crippen LogP) is 4.23. The van der Waals surface area contributed by atoms with Crippen LogP contribution in [0.3, 0.4) is 0 Å². The molecule has 2 rings (SSSR count). The lowest BCUT2D eigenvalue weighted by molar-refractivity contribution is -0.0514. The summed E-state index contributed by atoms with van der Waals surface area (Å²) in [6, 6.07) is 4.88. The number of benzene rings is 1. The zero-order valence-corrected chi connectivity index (χ0v) is 19.9. The topological polar surface area (TPSA) is 67.8 Å². The normalized spacial score (nSPS) is 11.2. The Labute approximate surface area is 191 Å². The second kappa shape index (κ2) is 13.5. The van der Waals surface area contributed by atoms with Gasteiger partial charge >= 0.3 is 6.61 Å². The van der Waals surface area contributed by atoms with E-state index in [-0.39, 0.29) is 29.7 Å². The van der Waals surface area contributed by atoms with Gasteiger partial charge in [0, 0.05) is 37.6 Å². The van der Waals surface area contributed by atoms with Gasteiger partial charge in [0.2, 0.25) is 0 Å². The molecule has 0 unspecified atom stereocenters. The van der Waals surface area contributed by atoms with Crippen LogP contribution in [-0.4, -0.2) is 37.8 Å². The Morgan fingerprint density at radius 1 is 1.24 bits per heavy atom. The molecule has 0 radical (unpaired) electrons. The van der Waals surface area contributed by atoms with Gasteiger partial charge in [-0.05, 0) is 31.0 Å². The number of nitrogens with zero attached hydrogens (tertiary/aromatic N) is 2. The first-order valence-electron chi connectivity index (χ1n) is 9.14. The number of alkyl halides is 2. The molecule has 1 heterocycles. The number of rotatable bonds is 10. The molecule has 0 atom stereocenters. The summed E-state index contributed by atoms with van der Waals surface area (Å²) in [4.78, 5) is 9.87.